The monoisotopic (exact) mass is 746 g/mol. The molecule has 0 spiro atoms. The summed E-state index contributed by atoms with van der Waals surface area (Å²) in [6, 6.07) is 61.9. The molecule has 0 amide bonds. The molecule has 0 aliphatic heterocycles. The van der Waals surface area contributed by atoms with Gasteiger partial charge in [0.05, 0.1) is 11.0 Å². The van der Waals surface area contributed by atoms with E-state index in [0.29, 0.717) is 17.7 Å². The van der Waals surface area contributed by atoms with Crippen LogP contribution in [0.3, 0.4) is 0 Å². The van der Waals surface area contributed by atoms with E-state index < -0.39 is 0 Å². The zero-order chi connectivity index (χ0) is 38.2. The predicted molar refractivity (Wildman–Crippen MR) is 231 cm³/mol. The van der Waals surface area contributed by atoms with Crippen LogP contribution in [0.4, 0.5) is 0 Å². The third-order valence-corrected chi connectivity index (χ3v) is 10.9. The zero-order valence-corrected chi connectivity index (χ0v) is 30.8. The van der Waals surface area contributed by atoms with Crippen LogP contribution in [0, 0.1) is 0 Å². The molecule has 7 heteroatoms. The highest BCUT2D eigenvalue weighted by molar-refractivity contribution is 6.11. The van der Waals surface area contributed by atoms with Gasteiger partial charge in [-0.05, 0) is 119 Å². The van der Waals surface area contributed by atoms with Crippen LogP contribution >= 0.6 is 0 Å². The van der Waals surface area contributed by atoms with Crippen LogP contribution in [-0.2, 0) is 0 Å². The summed E-state index contributed by atoms with van der Waals surface area (Å²) in [6.07, 6.45) is 0. The summed E-state index contributed by atoms with van der Waals surface area (Å²) in [5.41, 5.74) is 14.9. The van der Waals surface area contributed by atoms with Crippen LogP contribution in [-0.4, -0.2) is 19.5 Å². The molecule has 272 valence electrons. The Balaban J connectivity index is 1.02. The van der Waals surface area contributed by atoms with Gasteiger partial charge in [0.15, 0.2) is 16.7 Å². The summed E-state index contributed by atoms with van der Waals surface area (Å²) < 4.78 is 21.2. The van der Waals surface area contributed by atoms with Crippen molar-refractivity contribution in [2.75, 3.05) is 0 Å². The minimum Gasteiger partial charge on any atom is -0.436 e. The average Bonchev–Trinajstić information content (AvgIpc) is 4.09. The summed E-state index contributed by atoms with van der Waals surface area (Å²) in [7, 11) is 0. The number of rotatable bonds is 6. The van der Waals surface area contributed by atoms with Crippen LogP contribution in [0.5, 0.6) is 0 Å². The van der Waals surface area contributed by atoms with Crippen molar-refractivity contribution in [1.82, 2.24) is 19.5 Å². The van der Waals surface area contributed by atoms with Crippen molar-refractivity contribution in [2.24, 2.45) is 0 Å². The number of fused-ring (bicyclic) bond motifs is 6. The molecule has 0 atom stereocenters. The maximum Gasteiger partial charge on any atom is 0.227 e. The number of oxazole rings is 3. The fourth-order valence-electron chi connectivity index (χ4n) is 8.12. The molecule has 4 aromatic heterocycles. The molecule has 0 aliphatic rings. The maximum atomic E-state index is 6.61. The Bertz CT molecular complexity index is 3360. The average molecular weight is 747 g/mol. The molecule has 0 aliphatic carbocycles. The van der Waals surface area contributed by atoms with Crippen LogP contribution in [0.1, 0.15) is 0 Å². The third-order valence-electron chi connectivity index (χ3n) is 10.9. The molecule has 58 heavy (non-hydrogen) atoms. The smallest absolute Gasteiger partial charge is 0.227 e. The van der Waals surface area contributed by atoms with E-state index in [4.69, 9.17) is 28.2 Å². The van der Waals surface area contributed by atoms with Crippen molar-refractivity contribution in [3.63, 3.8) is 0 Å². The lowest BCUT2D eigenvalue weighted by Gasteiger charge is -2.10. The van der Waals surface area contributed by atoms with E-state index in [1.54, 1.807) is 0 Å². The molecule has 7 nitrogen and oxygen atoms in total. The number of hydrogen-bond donors (Lipinski definition) is 0. The Labute approximate surface area is 331 Å². The molecule has 0 fully saturated rings. The van der Waals surface area contributed by atoms with Crippen LogP contribution in [0.15, 0.2) is 195 Å². The number of hydrogen-bond acceptors (Lipinski definition) is 6. The van der Waals surface area contributed by atoms with Crippen LogP contribution < -0.4 is 0 Å². The van der Waals surface area contributed by atoms with E-state index in [1.165, 1.54) is 0 Å². The number of nitrogens with zero attached hydrogens (tertiary/aromatic N) is 4. The standard InChI is InChI=1S/C51H30N4O3/c1-3-11-31(12-4-1)37-29-43-48(30-38(37)32-13-5-2-6-14-32)58-51(54-43)35-22-26-45-40(28-35)39-27-34(50-53-42-16-8-10-18-47(42)57-50)21-25-44(39)55(45)36-23-19-33(20-24-36)49-52-41-15-7-9-17-46(41)56-49/h1-30H. The largest absolute Gasteiger partial charge is 0.436 e. The van der Waals surface area contributed by atoms with E-state index in [0.717, 1.165) is 99.7 Å². The number of aromatic nitrogens is 4. The van der Waals surface area contributed by atoms with Gasteiger partial charge in [-0.1, -0.05) is 84.9 Å². The molecule has 0 bridgehead atoms. The van der Waals surface area contributed by atoms with Crippen molar-refractivity contribution >= 4 is 55.1 Å². The Morgan fingerprint density at radius 2 is 0.776 bits per heavy atom. The third kappa shape index (κ3) is 5.25. The van der Waals surface area contributed by atoms with Crippen molar-refractivity contribution < 1.29 is 13.3 Å². The lowest BCUT2D eigenvalue weighted by atomic mass is 9.94. The van der Waals surface area contributed by atoms with Gasteiger partial charge in [-0.2, -0.15) is 0 Å². The fraction of sp³-hybridized carbons (Fsp3) is 0. The van der Waals surface area contributed by atoms with E-state index in [2.05, 4.69) is 126 Å². The highest BCUT2D eigenvalue weighted by atomic mass is 16.4. The molecule has 0 unspecified atom stereocenters. The van der Waals surface area contributed by atoms with Gasteiger partial charge in [0.1, 0.15) is 16.6 Å². The number of para-hydroxylation sites is 4. The summed E-state index contributed by atoms with van der Waals surface area (Å²) in [5, 5.41) is 2.10. The van der Waals surface area contributed by atoms with E-state index in [-0.39, 0.29) is 0 Å². The van der Waals surface area contributed by atoms with Gasteiger partial charge in [0.25, 0.3) is 0 Å². The normalized spacial score (nSPS) is 11.8. The summed E-state index contributed by atoms with van der Waals surface area (Å²) >= 11 is 0. The predicted octanol–water partition coefficient (Wildman–Crippen LogP) is 13.5. The van der Waals surface area contributed by atoms with Crippen molar-refractivity contribution in [1.29, 1.82) is 0 Å². The molecule has 0 N–H and O–H groups in total. The van der Waals surface area contributed by atoms with E-state index in [9.17, 15) is 0 Å². The minimum absolute atomic E-state index is 0.555. The van der Waals surface area contributed by atoms with Gasteiger partial charge >= 0.3 is 0 Å². The molecule has 12 rings (SSSR count). The summed E-state index contributed by atoms with van der Waals surface area (Å²) in [6.45, 7) is 0. The Morgan fingerprint density at radius 1 is 0.328 bits per heavy atom. The molecule has 0 saturated carbocycles. The van der Waals surface area contributed by atoms with Gasteiger partial charge < -0.3 is 17.8 Å². The Morgan fingerprint density at radius 3 is 1.33 bits per heavy atom. The topological polar surface area (TPSA) is 83.0 Å². The molecule has 8 aromatic carbocycles. The highest BCUT2D eigenvalue weighted by Crippen LogP contribution is 2.40. The van der Waals surface area contributed by atoms with Crippen LogP contribution in [0.25, 0.3) is 117 Å². The first kappa shape index (κ1) is 32.2. The fourth-order valence-corrected chi connectivity index (χ4v) is 8.12. The van der Waals surface area contributed by atoms with Crippen molar-refractivity contribution in [3.05, 3.63) is 182 Å². The maximum absolute atomic E-state index is 6.61. The molecule has 0 radical (unpaired) electrons. The lowest BCUT2D eigenvalue weighted by Crippen LogP contribution is -1.94. The summed E-state index contributed by atoms with van der Waals surface area (Å²) in [5.74, 6) is 1.72. The second-order valence-corrected chi connectivity index (χ2v) is 14.4. The first-order chi connectivity index (χ1) is 28.7. The Kier molecular flexibility index (Phi) is 7.09. The second kappa shape index (κ2) is 12.8. The first-order valence-electron chi connectivity index (χ1n) is 19.2. The first-order valence-corrected chi connectivity index (χ1v) is 19.2. The second-order valence-electron chi connectivity index (χ2n) is 14.4. The van der Waals surface area contributed by atoms with E-state index in [1.807, 2.05) is 60.7 Å². The van der Waals surface area contributed by atoms with Gasteiger partial charge in [0, 0.05) is 33.2 Å². The Hall–Kier alpha value is -8.03. The lowest BCUT2D eigenvalue weighted by molar-refractivity contribution is 0.619. The molecule has 4 heterocycles. The van der Waals surface area contributed by atoms with E-state index >= 15 is 0 Å². The highest BCUT2D eigenvalue weighted by Gasteiger charge is 2.20. The van der Waals surface area contributed by atoms with Gasteiger partial charge in [-0.15, -0.1) is 0 Å². The molecular weight excluding hydrogens is 717 g/mol. The zero-order valence-electron chi connectivity index (χ0n) is 30.8. The molecule has 0 saturated heterocycles. The van der Waals surface area contributed by atoms with Crippen molar-refractivity contribution in [3.8, 4) is 62.3 Å². The SMILES string of the molecule is c1ccc(-c2cc3nc(-c4ccc5c(c4)c4cc(-c6nc7ccccc7o6)ccc4n5-c4ccc(-c5nc6ccccc6o5)cc4)oc3cc2-c2ccccc2)cc1. The minimum atomic E-state index is 0.555. The summed E-state index contributed by atoms with van der Waals surface area (Å²) in [4.78, 5) is 14.6. The number of benzene rings is 8. The quantitative estimate of drug-likeness (QED) is 0.168. The van der Waals surface area contributed by atoms with Gasteiger partial charge in [-0.3, -0.25) is 0 Å². The molecule has 12 aromatic rings. The van der Waals surface area contributed by atoms with Crippen LogP contribution in [0.2, 0.25) is 0 Å². The molecular formula is C51H30N4O3. The van der Waals surface area contributed by atoms with Gasteiger partial charge in [0.2, 0.25) is 17.7 Å². The van der Waals surface area contributed by atoms with Crippen molar-refractivity contribution in [2.45, 2.75) is 0 Å². The van der Waals surface area contributed by atoms with Gasteiger partial charge in [-0.25, -0.2) is 15.0 Å².